The highest BCUT2D eigenvalue weighted by atomic mass is 16.3. The summed E-state index contributed by atoms with van der Waals surface area (Å²) in [6, 6.07) is 3.45. The lowest BCUT2D eigenvalue weighted by Gasteiger charge is -1.80. The van der Waals surface area contributed by atoms with Crippen LogP contribution in [0.4, 0.5) is 0 Å². The summed E-state index contributed by atoms with van der Waals surface area (Å²) in [6.07, 6.45) is 4.29. The SMILES string of the molecule is O=[C]N/N=C/c1ccco1. The molecule has 0 spiro atoms. The summed E-state index contributed by atoms with van der Waals surface area (Å²) in [5.41, 5.74) is 1.99. The fourth-order valence-electron chi connectivity index (χ4n) is 0.487. The lowest BCUT2D eigenvalue weighted by atomic mass is 10.5. The molecule has 1 aromatic rings. The minimum absolute atomic E-state index is 0.586. The van der Waals surface area contributed by atoms with Gasteiger partial charge in [-0.1, -0.05) is 0 Å². The molecule has 4 nitrogen and oxygen atoms in total. The fourth-order valence-corrected chi connectivity index (χ4v) is 0.487. The third-order valence-electron chi connectivity index (χ3n) is 0.845. The molecule has 0 aliphatic rings. The Kier molecular flexibility index (Phi) is 2.25. The summed E-state index contributed by atoms with van der Waals surface area (Å²) >= 11 is 0. The number of hydrogen-bond donors (Lipinski definition) is 1. The first kappa shape index (κ1) is 6.54. The van der Waals surface area contributed by atoms with Crippen LogP contribution < -0.4 is 5.43 Å². The molecule has 51 valence electrons. The van der Waals surface area contributed by atoms with Gasteiger partial charge in [0.1, 0.15) is 5.76 Å². The van der Waals surface area contributed by atoms with Crippen LogP contribution in [0, 0.1) is 0 Å². The zero-order valence-electron chi connectivity index (χ0n) is 5.07. The molecule has 0 atom stereocenters. The van der Waals surface area contributed by atoms with Crippen LogP contribution in [0.3, 0.4) is 0 Å². The quantitative estimate of drug-likeness (QED) is 0.369. The molecule has 1 heterocycles. The van der Waals surface area contributed by atoms with Crippen LogP contribution in [0.25, 0.3) is 0 Å². The summed E-state index contributed by atoms with van der Waals surface area (Å²) in [4.78, 5) is 9.55. The number of nitrogens with one attached hydrogen (secondary N) is 1. The Hall–Kier alpha value is -1.58. The number of hydrazone groups is 1. The topological polar surface area (TPSA) is 54.6 Å². The predicted octanol–water partition coefficient (Wildman–Crippen LogP) is 0.270. The summed E-state index contributed by atoms with van der Waals surface area (Å²) in [5, 5.41) is 3.44. The van der Waals surface area contributed by atoms with Crippen molar-refractivity contribution in [3.8, 4) is 0 Å². The first-order chi connectivity index (χ1) is 4.93. The first-order valence-electron chi connectivity index (χ1n) is 2.62. The number of amides is 1. The largest absolute Gasteiger partial charge is 0.463 e. The second-order valence-electron chi connectivity index (χ2n) is 1.49. The Morgan fingerprint density at radius 2 is 2.70 bits per heavy atom. The van der Waals surface area contributed by atoms with E-state index in [2.05, 4.69) is 5.10 Å². The van der Waals surface area contributed by atoms with Crippen molar-refractivity contribution in [1.29, 1.82) is 0 Å². The molecule has 1 N–H and O–H groups in total. The summed E-state index contributed by atoms with van der Waals surface area (Å²) in [5.74, 6) is 0.586. The average Bonchev–Trinajstić information content (AvgIpc) is 2.41. The lowest BCUT2D eigenvalue weighted by molar-refractivity contribution is 0.544. The number of furan rings is 1. The number of rotatable bonds is 3. The number of hydrogen-bond acceptors (Lipinski definition) is 3. The molecular weight excluding hydrogens is 132 g/mol. The predicted molar refractivity (Wildman–Crippen MR) is 35.1 cm³/mol. The van der Waals surface area contributed by atoms with Gasteiger partial charge in [0.15, 0.2) is 0 Å². The minimum atomic E-state index is 0.586. The number of carbonyl (C=O) groups excluding carboxylic acids is 1. The molecule has 0 aliphatic carbocycles. The van der Waals surface area contributed by atoms with Crippen molar-refractivity contribution < 1.29 is 9.21 Å². The molecule has 0 fully saturated rings. The van der Waals surface area contributed by atoms with E-state index in [0.29, 0.717) is 5.76 Å². The fraction of sp³-hybridized carbons (Fsp3) is 0. The standard InChI is InChI=1S/C6H5N2O2/c9-5-8-7-4-6-2-1-3-10-6/h1-4H,(H,8,9)/b7-4+. The van der Waals surface area contributed by atoms with Crippen LogP contribution >= 0.6 is 0 Å². The monoisotopic (exact) mass is 137 g/mol. The van der Waals surface area contributed by atoms with E-state index in [9.17, 15) is 4.79 Å². The van der Waals surface area contributed by atoms with Gasteiger partial charge in [-0.05, 0) is 12.1 Å². The molecule has 1 radical (unpaired) electrons. The first-order valence-corrected chi connectivity index (χ1v) is 2.62. The highest BCUT2D eigenvalue weighted by Gasteiger charge is 1.85. The van der Waals surface area contributed by atoms with Gasteiger partial charge in [-0.25, -0.2) is 5.43 Å². The van der Waals surface area contributed by atoms with E-state index in [0.717, 1.165) is 0 Å². The Bertz CT molecular complexity index is 216. The summed E-state index contributed by atoms with van der Waals surface area (Å²) < 4.78 is 4.86. The average molecular weight is 137 g/mol. The Morgan fingerprint density at radius 3 is 3.30 bits per heavy atom. The molecular formula is C6H5N2O2. The lowest BCUT2D eigenvalue weighted by Crippen LogP contribution is -1.99. The van der Waals surface area contributed by atoms with Gasteiger partial charge >= 0.3 is 6.41 Å². The van der Waals surface area contributed by atoms with Gasteiger partial charge < -0.3 is 4.42 Å². The van der Waals surface area contributed by atoms with E-state index in [1.165, 1.54) is 18.9 Å². The van der Waals surface area contributed by atoms with Crippen LogP contribution in [0.1, 0.15) is 5.76 Å². The van der Waals surface area contributed by atoms with Gasteiger partial charge in [-0.15, -0.1) is 0 Å². The Morgan fingerprint density at radius 1 is 1.80 bits per heavy atom. The second kappa shape index (κ2) is 3.45. The molecule has 10 heavy (non-hydrogen) atoms. The Balaban J connectivity index is 2.47. The van der Waals surface area contributed by atoms with Crippen molar-refractivity contribution in [2.24, 2.45) is 5.10 Å². The zero-order valence-corrected chi connectivity index (χ0v) is 5.07. The molecule has 0 bridgehead atoms. The molecule has 0 aliphatic heterocycles. The molecule has 0 saturated heterocycles. The maximum atomic E-state index is 9.55. The van der Waals surface area contributed by atoms with E-state index in [1.54, 1.807) is 12.1 Å². The van der Waals surface area contributed by atoms with Gasteiger partial charge in [0.05, 0.1) is 12.5 Å². The van der Waals surface area contributed by atoms with Gasteiger partial charge in [0.2, 0.25) is 0 Å². The molecule has 0 saturated carbocycles. The van der Waals surface area contributed by atoms with Crippen molar-refractivity contribution >= 4 is 12.6 Å². The van der Waals surface area contributed by atoms with E-state index >= 15 is 0 Å². The second-order valence-corrected chi connectivity index (χ2v) is 1.49. The normalized spacial score (nSPS) is 10.0. The van der Waals surface area contributed by atoms with Gasteiger partial charge in [-0.3, -0.25) is 4.79 Å². The van der Waals surface area contributed by atoms with Crippen molar-refractivity contribution in [3.05, 3.63) is 24.2 Å². The smallest absolute Gasteiger partial charge is 0.331 e. The Labute approximate surface area is 57.5 Å². The third-order valence-corrected chi connectivity index (χ3v) is 0.845. The van der Waals surface area contributed by atoms with Crippen LogP contribution in [0.5, 0.6) is 0 Å². The minimum Gasteiger partial charge on any atom is -0.463 e. The van der Waals surface area contributed by atoms with E-state index < -0.39 is 0 Å². The van der Waals surface area contributed by atoms with Gasteiger partial charge in [-0.2, -0.15) is 5.10 Å². The van der Waals surface area contributed by atoms with Crippen LogP contribution in [0.15, 0.2) is 27.9 Å². The molecule has 0 unspecified atom stereocenters. The highest BCUT2D eigenvalue weighted by molar-refractivity contribution is 5.76. The van der Waals surface area contributed by atoms with Crippen molar-refractivity contribution in [2.75, 3.05) is 0 Å². The van der Waals surface area contributed by atoms with Crippen molar-refractivity contribution in [2.45, 2.75) is 0 Å². The van der Waals surface area contributed by atoms with Crippen molar-refractivity contribution in [1.82, 2.24) is 5.43 Å². The molecule has 1 amide bonds. The zero-order chi connectivity index (χ0) is 7.23. The molecule has 4 heteroatoms. The van der Waals surface area contributed by atoms with E-state index in [1.807, 2.05) is 5.43 Å². The van der Waals surface area contributed by atoms with Gasteiger partial charge in [0.25, 0.3) is 0 Å². The number of nitrogens with zero attached hydrogens (tertiary/aromatic N) is 1. The maximum Gasteiger partial charge on any atom is 0.331 e. The van der Waals surface area contributed by atoms with Crippen LogP contribution in [0.2, 0.25) is 0 Å². The van der Waals surface area contributed by atoms with Crippen LogP contribution in [-0.2, 0) is 4.79 Å². The van der Waals surface area contributed by atoms with Crippen LogP contribution in [-0.4, -0.2) is 12.6 Å². The maximum absolute atomic E-state index is 9.55. The highest BCUT2D eigenvalue weighted by Crippen LogP contribution is 1.93. The molecule has 1 aromatic heterocycles. The molecule has 1 rings (SSSR count). The van der Waals surface area contributed by atoms with Gasteiger partial charge in [0, 0.05) is 0 Å². The van der Waals surface area contributed by atoms with Crippen molar-refractivity contribution in [3.63, 3.8) is 0 Å². The molecule has 0 aromatic carbocycles. The summed E-state index contributed by atoms with van der Waals surface area (Å²) in [7, 11) is 0. The van der Waals surface area contributed by atoms with E-state index in [4.69, 9.17) is 4.42 Å². The summed E-state index contributed by atoms with van der Waals surface area (Å²) in [6.45, 7) is 0. The third kappa shape index (κ3) is 1.74. The van der Waals surface area contributed by atoms with E-state index in [-0.39, 0.29) is 0 Å².